The Labute approximate surface area is 264 Å². The Bertz CT molecular complexity index is 750. The fourth-order valence-electron chi connectivity index (χ4n) is 4.99. The summed E-state index contributed by atoms with van der Waals surface area (Å²) < 4.78 is 19.3. The Hall–Kier alpha value is -0.406. The number of carbonyl (C=O) groups excluding carboxylic acids is 1. The van der Waals surface area contributed by atoms with Gasteiger partial charge in [0.1, 0.15) is 0 Å². The smallest absolute Gasteiger partial charge is 0.305 e. The number of halogens is 1. The van der Waals surface area contributed by atoms with E-state index < -0.39 is 16.6 Å². The first kappa shape index (κ1) is 39.6. The van der Waals surface area contributed by atoms with Gasteiger partial charge in [-0.05, 0) is 55.5 Å². The maximum absolute atomic E-state index is 11.4. The second-order valence-electron chi connectivity index (χ2n) is 10.8. The summed E-state index contributed by atoms with van der Waals surface area (Å²) in [6.07, 6.45) is 17.7. The summed E-state index contributed by atoms with van der Waals surface area (Å²) >= 11 is 2.57. The first-order valence-electron chi connectivity index (χ1n) is 16.1. The number of hydrogen-bond donors (Lipinski definition) is 0. The number of unbranched alkanes of at least 4 members (excludes halogenated alkanes) is 4. The van der Waals surface area contributed by atoms with Crippen molar-refractivity contribution in [1.82, 2.24) is 0 Å². The Morgan fingerprint density at radius 1 is 0.825 bits per heavy atom. The largest absolute Gasteiger partial charge is 0.469 e. The SMILES string of the molecule is CCCCC/C=C\C=C\[C@@H](C[C@H](O[Si](CC)(CC)CC)C(I)CC#CCCCC(=O)OC)O[Si](CC)(CC)CC. The van der Waals surface area contributed by atoms with E-state index in [1.165, 1.54) is 26.4 Å². The van der Waals surface area contributed by atoms with E-state index in [0.717, 1.165) is 68.4 Å². The van der Waals surface area contributed by atoms with Crippen molar-refractivity contribution < 1.29 is 18.4 Å². The van der Waals surface area contributed by atoms with Gasteiger partial charge in [0.05, 0.1) is 19.3 Å². The van der Waals surface area contributed by atoms with Crippen LogP contribution < -0.4 is 0 Å². The number of hydrogen-bond acceptors (Lipinski definition) is 4. The number of allylic oxidation sites excluding steroid dienone is 3. The minimum absolute atomic E-state index is 0.0550. The second-order valence-corrected chi connectivity index (χ2v) is 21.9. The molecule has 3 atom stereocenters. The van der Waals surface area contributed by atoms with Crippen LogP contribution in [0.25, 0.3) is 0 Å². The van der Waals surface area contributed by atoms with Crippen LogP contribution in [-0.4, -0.2) is 45.8 Å². The van der Waals surface area contributed by atoms with Crippen LogP contribution in [0.3, 0.4) is 0 Å². The highest BCUT2D eigenvalue weighted by Crippen LogP contribution is 2.32. The molecule has 232 valence electrons. The fraction of sp³-hybridized carbons (Fsp3) is 0.788. The second kappa shape index (κ2) is 24.1. The molecular weight excluding hydrogens is 643 g/mol. The van der Waals surface area contributed by atoms with Crippen molar-refractivity contribution in [3.8, 4) is 11.8 Å². The average Bonchev–Trinajstić information content (AvgIpc) is 2.98. The zero-order valence-electron chi connectivity index (χ0n) is 27.2. The maximum Gasteiger partial charge on any atom is 0.305 e. The third kappa shape index (κ3) is 16.3. The summed E-state index contributed by atoms with van der Waals surface area (Å²) in [6.45, 7) is 16.1. The van der Waals surface area contributed by atoms with Gasteiger partial charge in [0.2, 0.25) is 0 Å². The lowest BCUT2D eigenvalue weighted by Gasteiger charge is -2.38. The van der Waals surface area contributed by atoms with Gasteiger partial charge in [0.15, 0.2) is 16.6 Å². The molecule has 0 heterocycles. The number of ether oxygens (including phenoxy) is 1. The summed E-state index contributed by atoms with van der Waals surface area (Å²) in [6, 6.07) is 6.84. The van der Waals surface area contributed by atoms with Gasteiger partial charge in [-0.15, -0.1) is 11.8 Å². The first-order valence-corrected chi connectivity index (χ1v) is 22.4. The fourth-order valence-corrected chi connectivity index (χ4v) is 11.7. The molecule has 0 radical (unpaired) electrons. The molecule has 0 N–H and O–H groups in total. The molecule has 0 bridgehead atoms. The number of alkyl halides is 1. The summed E-state index contributed by atoms with van der Waals surface area (Å²) in [5.74, 6) is 6.51. The predicted molar refractivity (Wildman–Crippen MR) is 187 cm³/mol. The molecule has 0 saturated carbocycles. The molecule has 0 amide bonds. The van der Waals surface area contributed by atoms with Gasteiger partial charge in [-0.1, -0.05) is 108 Å². The summed E-state index contributed by atoms with van der Waals surface area (Å²) in [4.78, 5) is 11.4. The van der Waals surface area contributed by atoms with E-state index in [1.54, 1.807) is 0 Å². The standard InChI is InChI=1S/C33H61IO4Si2/c1-9-16-17-18-19-20-23-26-30(37-39(10-2,11-3)12-4)29-32(38-40(13-5,14-6)15-7)31(34)27-24-21-22-25-28-33(35)36-8/h19-20,23,26,30-32H,9-18,22,25,27-29H2,1-8H3/b20-19-,26-23+/t30-,31?,32-/m0/s1. The maximum atomic E-state index is 11.4. The molecule has 0 aliphatic rings. The van der Waals surface area contributed by atoms with Crippen molar-refractivity contribution in [3.63, 3.8) is 0 Å². The van der Waals surface area contributed by atoms with Crippen LogP contribution in [0.1, 0.15) is 106 Å². The van der Waals surface area contributed by atoms with Gasteiger partial charge in [-0.2, -0.15) is 0 Å². The molecule has 0 rings (SSSR count). The molecule has 0 aromatic heterocycles. The highest BCUT2D eigenvalue weighted by Gasteiger charge is 2.37. The Kier molecular flexibility index (Phi) is 23.8. The third-order valence-electron chi connectivity index (χ3n) is 8.42. The van der Waals surface area contributed by atoms with Crippen molar-refractivity contribution in [2.45, 2.75) is 159 Å². The lowest BCUT2D eigenvalue weighted by molar-refractivity contribution is -0.140. The van der Waals surface area contributed by atoms with Crippen LogP contribution in [0.5, 0.6) is 0 Å². The first-order chi connectivity index (χ1) is 19.2. The highest BCUT2D eigenvalue weighted by molar-refractivity contribution is 14.1. The van der Waals surface area contributed by atoms with Gasteiger partial charge in [-0.3, -0.25) is 4.79 Å². The Balaban J connectivity index is 5.88. The van der Waals surface area contributed by atoms with Gasteiger partial charge in [0.25, 0.3) is 0 Å². The van der Waals surface area contributed by atoms with E-state index in [1.807, 2.05) is 0 Å². The quantitative estimate of drug-likeness (QED) is 0.0202. The van der Waals surface area contributed by atoms with Crippen molar-refractivity contribution in [2.75, 3.05) is 7.11 Å². The van der Waals surface area contributed by atoms with Crippen molar-refractivity contribution in [3.05, 3.63) is 24.3 Å². The van der Waals surface area contributed by atoms with E-state index >= 15 is 0 Å². The van der Waals surface area contributed by atoms with Crippen LogP contribution in [0.4, 0.5) is 0 Å². The van der Waals surface area contributed by atoms with Crippen LogP contribution in [0, 0.1) is 11.8 Å². The van der Waals surface area contributed by atoms with E-state index in [4.69, 9.17) is 13.6 Å². The van der Waals surface area contributed by atoms with Crippen LogP contribution >= 0.6 is 22.6 Å². The van der Waals surface area contributed by atoms with Gasteiger partial charge in [0, 0.05) is 29.6 Å². The van der Waals surface area contributed by atoms with Crippen molar-refractivity contribution in [1.29, 1.82) is 0 Å². The van der Waals surface area contributed by atoms with Crippen LogP contribution in [0.2, 0.25) is 36.3 Å². The molecule has 0 aromatic rings. The predicted octanol–water partition coefficient (Wildman–Crippen LogP) is 10.4. The summed E-state index contributed by atoms with van der Waals surface area (Å²) in [7, 11) is -2.17. The molecule has 1 unspecified atom stereocenters. The Morgan fingerprint density at radius 3 is 1.98 bits per heavy atom. The third-order valence-corrected chi connectivity index (χ3v) is 19.0. The topological polar surface area (TPSA) is 44.8 Å². The molecule has 4 nitrogen and oxygen atoms in total. The van der Waals surface area contributed by atoms with Gasteiger partial charge < -0.3 is 13.6 Å². The minimum Gasteiger partial charge on any atom is -0.469 e. The molecule has 7 heteroatoms. The number of carbonyl (C=O) groups is 1. The molecule has 0 saturated heterocycles. The van der Waals surface area contributed by atoms with Gasteiger partial charge in [-0.25, -0.2) is 0 Å². The molecule has 0 spiro atoms. The number of rotatable bonds is 23. The summed E-state index contributed by atoms with van der Waals surface area (Å²) in [5.41, 5.74) is 0. The molecule has 0 aromatic carbocycles. The van der Waals surface area contributed by atoms with E-state index in [0.29, 0.717) is 6.42 Å². The zero-order valence-corrected chi connectivity index (χ0v) is 31.3. The molecule has 0 aliphatic carbocycles. The van der Waals surface area contributed by atoms with E-state index in [9.17, 15) is 4.79 Å². The van der Waals surface area contributed by atoms with E-state index in [-0.39, 0.29) is 22.1 Å². The van der Waals surface area contributed by atoms with Gasteiger partial charge >= 0.3 is 5.97 Å². The molecule has 40 heavy (non-hydrogen) atoms. The van der Waals surface area contributed by atoms with Crippen LogP contribution in [0.15, 0.2) is 24.3 Å². The zero-order chi connectivity index (χ0) is 30.3. The number of methoxy groups -OCH3 is 1. The normalized spacial score (nSPS) is 14.7. The lowest BCUT2D eigenvalue weighted by Crippen LogP contribution is -2.46. The number of esters is 1. The lowest BCUT2D eigenvalue weighted by atomic mass is 10.1. The highest BCUT2D eigenvalue weighted by atomic mass is 127. The molecule has 0 aliphatic heterocycles. The van der Waals surface area contributed by atoms with Crippen molar-refractivity contribution >= 4 is 45.2 Å². The minimum atomic E-state index is -1.81. The molecule has 0 fully saturated rings. The average molecular weight is 705 g/mol. The van der Waals surface area contributed by atoms with Crippen LogP contribution in [-0.2, 0) is 18.4 Å². The molecular formula is C33H61IO4Si2. The monoisotopic (exact) mass is 704 g/mol. The van der Waals surface area contributed by atoms with E-state index in [2.05, 4.69) is 107 Å². The summed E-state index contributed by atoms with van der Waals surface area (Å²) in [5, 5.41) is 0. The Morgan fingerprint density at radius 2 is 1.43 bits per heavy atom. The van der Waals surface area contributed by atoms with Crippen molar-refractivity contribution in [2.24, 2.45) is 0 Å².